The van der Waals surface area contributed by atoms with Crippen LogP contribution in [-0.4, -0.2) is 40.9 Å². The molecule has 0 saturated heterocycles. The molecule has 29 heavy (non-hydrogen) atoms. The lowest BCUT2D eigenvalue weighted by molar-refractivity contribution is 0.409. The van der Waals surface area contributed by atoms with Crippen LogP contribution in [-0.2, 0) is 26.4 Å². The van der Waals surface area contributed by atoms with Gasteiger partial charge in [-0.15, -0.1) is 21.5 Å². The Bertz CT molecular complexity index is 919. The van der Waals surface area contributed by atoms with Crippen LogP contribution in [0.2, 0.25) is 0 Å². The molecule has 0 fully saturated rings. The number of aliphatic imine (C=N–C) groups is 1. The van der Waals surface area contributed by atoms with Crippen molar-refractivity contribution in [2.45, 2.75) is 26.3 Å². The lowest BCUT2D eigenvalue weighted by Crippen LogP contribution is -2.39. The minimum Gasteiger partial charge on any atom is -0.496 e. The van der Waals surface area contributed by atoms with Gasteiger partial charge in [-0.2, -0.15) is 0 Å². The van der Waals surface area contributed by atoms with E-state index in [1.807, 2.05) is 36.7 Å². The normalized spacial score (nSPS) is 11.5. The molecule has 8 heteroatoms. The van der Waals surface area contributed by atoms with Crippen molar-refractivity contribution in [2.75, 3.05) is 20.2 Å². The number of aryl methyl sites for hydroxylation is 1. The van der Waals surface area contributed by atoms with Crippen LogP contribution in [0.4, 0.5) is 0 Å². The van der Waals surface area contributed by atoms with Crippen molar-refractivity contribution in [3.05, 3.63) is 63.9 Å². The van der Waals surface area contributed by atoms with E-state index >= 15 is 0 Å². The van der Waals surface area contributed by atoms with E-state index in [1.54, 1.807) is 18.4 Å². The maximum absolute atomic E-state index is 5.44. The highest BCUT2D eigenvalue weighted by atomic mass is 32.1. The highest BCUT2D eigenvalue weighted by molar-refractivity contribution is 7.09. The average molecular weight is 413 g/mol. The number of rotatable bonds is 9. The quantitative estimate of drug-likeness (QED) is 0.417. The second-order valence-corrected chi connectivity index (χ2v) is 7.66. The van der Waals surface area contributed by atoms with E-state index in [9.17, 15) is 0 Å². The first-order valence-electron chi connectivity index (χ1n) is 9.68. The molecule has 0 bridgehead atoms. The van der Waals surface area contributed by atoms with Gasteiger partial charge < -0.3 is 19.9 Å². The maximum Gasteiger partial charge on any atom is 0.191 e. The number of ether oxygens (including phenoxy) is 1. The molecule has 2 aromatic heterocycles. The summed E-state index contributed by atoms with van der Waals surface area (Å²) in [6, 6.07) is 12.3. The first kappa shape index (κ1) is 20.9. The van der Waals surface area contributed by atoms with Crippen LogP contribution in [0.15, 0.2) is 46.8 Å². The fourth-order valence-corrected chi connectivity index (χ4v) is 3.61. The molecule has 154 valence electrons. The number of methoxy groups -OCH3 is 1. The van der Waals surface area contributed by atoms with Crippen molar-refractivity contribution in [3.8, 4) is 5.75 Å². The van der Waals surface area contributed by atoms with Crippen LogP contribution in [0.25, 0.3) is 0 Å². The Morgan fingerprint density at radius 1 is 1.10 bits per heavy atom. The minimum absolute atomic E-state index is 0.473. The first-order chi connectivity index (χ1) is 14.2. The molecule has 0 unspecified atom stereocenters. The number of hydrogen-bond donors (Lipinski definition) is 2. The van der Waals surface area contributed by atoms with Gasteiger partial charge in [0, 0.05) is 25.0 Å². The summed E-state index contributed by atoms with van der Waals surface area (Å²) in [4.78, 5) is 6.06. The Morgan fingerprint density at radius 2 is 1.90 bits per heavy atom. The number of nitrogens with one attached hydrogen (secondary N) is 2. The molecule has 0 aliphatic heterocycles. The molecular weight excluding hydrogens is 384 g/mol. The Kier molecular flexibility index (Phi) is 7.63. The molecule has 0 aliphatic carbocycles. The molecule has 1 aromatic carbocycles. The zero-order valence-corrected chi connectivity index (χ0v) is 18.0. The van der Waals surface area contributed by atoms with E-state index in [0.29, 0.717) is 6.54 Å². The van der Waals surface area contributed by atoms with E-state index in [0.717, 1.165) is 49.3 Å². The van der Waals surface area contributed by atoms with Crippen LogP contribution in [0, 0.1) is 6.92 Å². The number of thiophene rings is 1. The minimum atomic E-state index is 0.473. The molecule has 0 radical (unpaired) electrons. The fourth-order valence-electron chi connectivity index (χ4n) is 2.90. The predicted octanol–water partition coefficient (Wildman–Crippen LogP) is 2.71. The topological polar surface area (TPSA) is 76.4 Å². The average Bonchev–Trinajstić information content (AvgIpc) is 3.37. The molecule has 7 nitrogen and oxygen atoms in total. The number of benzene rings is 1. The summed E-state index contributed by atoms with van der Waals surface area (Å²) in [5.41, 5.74) is 1.17. The fraction of sp³-hybridized carbons (Fsp3) is 0.381. The van der Waals surface area contributed by atoms with Gasteiger partial charge in [0.05, 0.1) is 7.11 Å². The summed E-state index contributed by atoms with van der Waals surface area (Å²) in [6.07, 6.45) is 1.81. The van der Waals surface area contributed by atoms with Gasteiger partial charge in [-0.1, -0.05) is 24.3 Å². The monoisotopic (exact) mass is 412 g/mol. The molecule has 0 amide bonds. The second kappa shape index (κ2) is 10.6. The Labute approximate surface area is 175 Å². The van der Waals surface area contributed by atoms with Gasteiger partial charge in [-0.25, -0.2) is 4.99 Å². The third kappa shape index (κ3) is 6.05. The number of guanidine groups is 1. The van der Waals surface area contributed by atoms with E-state index < -0.39 is 0 Å². The largest absolute Gasteiger partial charge is 0.496 e. The van der Waals surface area contributed by atoms with Crippen LogP contribution in [0.1, 0.15) is 22.1 Å². The summed E-state index contributed by atoms with van der Waals surface area (Å²) >= 11 is 1.77. The lowest BCUT2D eigenvalue weighted by atomic mass is 10.1. The third-order valence-electron chi connectivity index (χ3n) is 4.68. The maximum atomic E-state index is 5.44. The summed E-state index contributed by atoms with van der Waals surface area (Å²) in [7, 11) is 3.66. The molecule has 0 atom stereocenters. The van der Waals surface area contributed by atoms with Gasteiger partial charge in [0.1, 0.15) is 18.1 Å². The van der Waals surface area contributed by atoms with Crippen LogP contribution in [0.5, 0.6) is 5.75 Å². The molecule has 0 aliphatic rings. The summed E-state index contributed by atoms with van der Waals surface area (Å²) in [6.45, 7) is 3.98. The summed E-state index contributed by atoms with van der Waals surface area (Å²) in [5, 5.41) is 17.3. The lowest BCUT2D eigenvalue weighted by Gasteiger charge is -2.13. The summed E-state index contributed by atoms with van der Waals surface area (Å²) < 4.78 is 7.40. The Hall–Kier alpha value is -2.87. The van der Waals surface area contributed by atoms with E-state index in [-0.39, 0.29) is 0 Å². The Morgan fingerprint density at radius 3 is 2.59 bits per heavy atom. The molecular formula is C21H28N6OS. The zero-order chi connectivity index (χ0) is 20.5. The molecule has 2 heterocycles. The molecule has 0 spiro atoms. The van der Waals surface area contributed by atoms with Crippen LogP contribution >= 0.6 is 11.3 Å². The molecule has 3 aromatic rings. The van der Waals surface area contributed by atoms with E-state index in [4.69, 9.17) is 9.73 Å². The summed E-state index contributed by atoms with van der Waals surface area (Å²) in [5.74, 6) is 3.41. The first-order valence-corrected chi connectivity index (χ1v) is 10.6. The number of aromatic nitrogens is 3. The van der Waals surface area contributed by atoms with Crippen molar-refractivity contribution in [2.24, 2.45) is 12.0 Å². The van der Waals surface area contributed by atoms with Gasteiger partial charge in [-0.3, -0.25) is 0 Å². The van der Waals surface area contributed by atoms with Crippen LogP contribution in [0.3, 0.4) is 0 Å². The second-order valence-electron chi connectivity index (χ2n) is 6.63. The number of hydrogen-bond acceptors (Lipinski definition) is 5. The number of para-hydroxylation sites is 1. The molecule has 3 rings (SSSR count). The van der Waals surface area contributed by atoms with Gasteiger partial charge in [0.25, 0.3) is 0 Å². The highest BCUT2D eigenvalue weighted by Gasteiger charge is 2.06. The van der Waals surface area contributed by atoms with Crippen LogP contribution < -0.4 is 15.4 Å². The van der Waals surface area contributed by atoms with Gasteiger partial charge >= 0.3 is 0 Å². The number of nitrogens with zero attached hydrogens (tertiary/aromatic N) is 4. The van der Waals surface area contributed by atoms with Gasteiger partial charge in [-0.05, 0) is 42.8 Å². The highest BCUT2D eigenvalue weighted by Crippen LogP contribution is 2.17. The van der Waals surface area contributed by atoms with Crippen molar-refractivity contribution in [3.63, 3.8) is 0 Å². The van der Waals surface area contributed by atoms with Crippen molar-refractivity contribution in [1.29, 1.82) is 0 Å². The van der Waals surface area contributed by atoms with E-state index in [2.05, 4.69) is 44.4 Å². The van der Waals surface area contributed by atoms with Gasteiger partial charge in [0.2, 0.25) is 0 Å². The standard InChI is InChI=1S/C21H28N6OS/c1-16-25-26-20(27(16)2)15-24-21(23-13-11-18-8-6-14-29-18)22-12-10-17-7-4-5-9-19(17)28-3/h4-9,14H,10-13,15H2,1-3H3,(H2,22,23,24). The zero-order valence-electron chi connectivity index (χ0n) is 17.2. The third-order valence-corrected chi connectivity index (χ3v) is 5.62. The molecule has 0 saturated carbocycles. The Balaban J connectivity index is 1.59. The van der Waals surface area contributed by atoms with Crippen molar-refractivity contribution < 1.29 is 4.74 Å². The molecule has 2 N–H and O–H groups in total. The van der Waals surface area contributed by atoms with Crippen molar-refractivity contribution >= 4 is 17.3 Å². The van der Waals surface area contributed by atoms with Gasteiger partial charge in [0.15, 0.2) is 11.8 Å². The van der Waals surface area contributed by atoms with E-state index in [1.165, 1.54) is 10.4 Å². The smallest absolute Gasteiger partial charge is 0.191 e. The predicted molar refractivity (Wildman–Crippen MR) is 118 cm³/mol. The SMILES string of the molecule is COc1ccccc1CCNC(=NCc1nnc(C)n1C)NCCc1cccs1. The van der Waals surface area contributed by atoms with Crippen molar-refractivity contribution in [1.82, 2.24) is 25.4 Å².